The predicted octanol–water partition coefficient (Wildman–Crippen LogP) is 2.32. The molecule has 2 aliphatic heterocycles. The third-order valence-corrected chi connectivity index (χ3v) is 5.91. The van der Waals surface area contributed by atoms with Crippen molar-refractivity contribution in [2.45, 2.75) is 38.1 Å². The standard InChI is InChI=1S/C22H27N5O2/c28-21(26-19-7-12-25-20-18(19)4-2-11-24-20)22(29)27-13-8-16(9-14-27)5-6-17-3-1-10-23-15-17/h1-4,10-11,15-16,19H,5-9,12-14H2,(H,24,25)(H,26,28). The molecule has 0 radical (unpaired) electrons. The summed E-state index contributed by atoms with van der Waals surface area (Å²) < 4.78 is 0. The number of aromatic nitrogens is 2. The Bertz CT molecular complexity index is 849. The van der Waals surface area contributed by atoms with Gasteiger partial charge in [-0.15, -0.1) is 0 Å². The van der Waals surface area contributed by atoms with E-state index in [2.05, 4.69) is 26.7 Å². The molecular formula is C22H27N5O2. The average Bonchev–Trinajstić information content (AvgIpc) is 2.78. The van der Waals surface area contributed by atoms with Gasteiger partial charge in [-0.05, 0) is 55.7 Å². The monoisotopic (exact) mass is 393 g/mol. The van der Waals surface area contributed by atoms with Gasteiger partial charge in [0.25, 0.3) is 0 Å². The Morgan fingerprint density at radius 1 is 1.14 bits per heavy atom. The predicted molar refractivity (Wildman–Crippen MR) is 110 cm³/mol. The largest absolute Gasteiger partial charge is 0.370 e. The topological polar surface area (TPSA) is 87.2 Å². The molecule has 152 valence electrons. The van der Waals surface area contributed by atoms with Crippen LogP contribution in [0.2, 0.25) is 0 Å². The van der Waals surface area contributed by atoms with Gasteiger partial charge >= 0.3 is 11.8 Å². The third kappa shape index (κ3) is 4.72. The van der Waals surface area contributed by atoms with Gasteiger partial charge in [-0.2, -0.15) is 0 Å². The van der Waals surface area contributed by atoms with Crippen LogP contribution >= 0.6 is 0 Å². The van der Waals surface area contributed by atoms with E-state index in [0.717, 1.165) is 50.0 Å². The zero-order valence-corrected chi connectivity index (χ0v) is 16.5. The number of aryl methyl sites for hydroxylation is 1. The van der Waals surface area contributed by atoms with Crippen molar-refractivity contribution < 1.29 is 9.59 Å². The minimum Gasteiger partial charge on any atom is -0.370 e. The lowest BCUT2D eigenvalue weighted by Crippen LogP contribution is -2.47. The maximum Gasteiger partial charge on any atom is 0.311 e. The Hall–Kier alpha value is -2.96. The summed E-state index contributed by atoms with van der Waals surface area (Å²) >= 11 is 0. The molecule has 0 saturated carbocycles. The highest BCUT2D eigenvalue weighted by atomic mass is 16.2. The Kier molecular flexibility index (Phi) is 6.03. The molecule has 1 saturated heterocycles. The summed E-state index contributed by atoms with van der Waals surface area (Å²) in [5.74, 6) is 0.441. The quantitative estimate of drug-likeness (QED) is 0.779. The van der Waals surface area contributed by atoms with Crippen LogP contribution in [0.1, 0.15) is 42.9 Å². The van der Waals surface area contributed by atoms with E-state index in [4.69, 9.17) is 0 Å². The lowest BCUT2D eigenvalue weighted by atomic mass is 9.91. The van der Waals surface area contributed by atoms with Crippen molar-refractivity contribution in [3.63, 3.8) is 0 Å². The molecule has 7 heteroatoms. The highest BCUT2D eigenvalue weighted by Gasteiger charge is 2.30. The van der Waals surface area contributed by atoms with Gasteiger partial charge in [0.1, 0.15) is 5.82 Å². The van der Waals surface area contributed by atoms with Crippen LogP contribution in [-0.2, 0) is 16.0 Å². The smallest absolute Gasteiger partial charge is 0.311 e. The number of piperidine rings is 1. The second-order valence-corrected chi connectivity index (χ2v) is 7.82. The van der Waals surface area contributed by atoms with E-state index in [1.807, 2.05) is 24.4 Å². The van der Waals surface area contributed by atoms with Crippen LogP contribution in [0, 0.1) is 5.92 Å². The Morgan fingerprint density at radius 3 is 2.76 bits per heavy atom. The fraction of sp³-hybridized carbons (Fsp3) is 0.455. The van der Waals surface area contributed by atoms with Crippen molar-refractivity contribution in [1.82, 2.24) is 20.2 Å². The first-order valence-electron chi connectivity index (χ1n) is 10.4. The van der Waals surface area contributed by atoms with Crippen molar-refractivity contribution in [2.75, 3.05) is 25.0 Å². The number of amides is 2. The van der Waals surface area contributed by atoms with Crippen LogP contribution < -0.4 is 10.6 Å². The molecule has 2 N–H and O–H groups in total. The lowest BCUT2D eigenvalue weighted by molar-refractivity contribution is -0.147. The van der Waals surface area contributed by atoms with Crippen LogP contribution in [0.25, 0.3) is 0 Å². The van der Waals surface area contributed by atoms with Gasteiger partial charge in [0.2, 0.25) is 0 Å². The van der Waals surface area contributed by atoms with Crippen LogP contribution in [0.15, 0.2) is 42.9 Å². The zero-order valence-electron chi connectivity index (χ0n) is 16.5. The first kappa shape index (κ1) is 19.4. The van der Waals surface area contributed by atoms with Crippen molar-refractivity contribution in [1.29, 1.82) is 0 Å². The minimum atomic E-state index is -0.513. The summed E-state index contributed by atoms with van der Waals surface area (Å²) in [6.45, 7) is 2.02. The number of carbonyl (C=O) groups is 2. The first-order valence-corrected chi connectivity index (χ1v) is 10.4. The van der Waals surface area contributed by atoms with Crippen LogP contribution in [0.3, 0.4) is 0 Å². The molecule has 1 atom stereocenters. The Morgan fingerprint density at radius 2 is 1.97 bits per heavy atom. The van der Waals surface area contributed by atoms with E-state index < -0.39 is 11.8 Å². The molecule has 0 bridgehead atoms. The fourth-order valence-corrected chi connectivity index (χ4v) is 4.19. The van der Waals surface area contributed by atoms with E-state index in [0.29, 0.717) is 19.0 Å². The Labute approximate surface area is 170 Å². The number of nitrogens with zero attached hydrogens (tertiary/aromatic N) is 3. The molecule has 0 aromatic carbocycles. The number of hydrogen-bond donors (Lipinski definition) is 2. The van der Waals surface area contributed by atoms with Crippen LogP contribution in [0.5, 0.6) is 0 Å². The second-order valence-electron chi connectivity index (χ2n) is 7.82. The molecule has 29 heavy (non-hydrogen) atoms. The van der Waals surface area contributed by atoms with Crippen molar-refractivity contribution >= 4 is 17.6 Å². The molecule has 1 unspecified atom stereocenters. The summed E-state index contributed by atoms with van der Waals surface area (Å²) in [5.41, 5.74) is 2.19. The van der Waals surface area contributed by atoms with E-state index in [1.54, 1.807) is 17.3 Å². The number of carbonyl (C=O) groups excluding carboxylic acids is 2. The summed E-state index contributed by atoms with van der Waals surface area (Å²) in [7, 11) is 0. The zero-order chi connectivity index (χ0) is 20.1. The van der Waals surface area contributed by atoms with Gasteiger partial charge in [-0.3, -0.25) is 14.6 Å². The summed E-state index contributed by atoms with van der Waals surface area (Å²) in [5, 5.41) is 6.14. The number of pyridine rings is 2. The van der Waals surface area contributed by atoms with Gasteiger partial charge in [0.15, 0.2) is 0 Å². The molecule has 2 aromatic rings. The lowest BCUT2D eigenvalue weighted by Gasteiger charge is -2.32. The molecule has 0 spiro atoms. The van der Waals surface area contributed by atoms with Crippen LogP contribution in [-0.4, -0.2) is 46.3 Å². The maximum atomic E-state index is 12.6. The van der Waals surface area contributed by atoms with E-state index >= 15 is 0 Å². The summed E-state index contributed by atoms with van der Waals surface area (Å²) in [4.78, 5) is 35.4. The first-order chi connectivity index (χ1) is 14.2. The number of anilines is 1. The Balaban J connectivity index is 1.26. The third-order valence-electron chi connectivity index (χ3n) is 5.91. The highest BCUT2D eigenvalue weighted by molar-refractivity contribution is 6.35. The number of fused-ring (bicyclic) bond motifs is 1. The number of hydrogen-bond acceptors (Lipinski definition) is 5. The number of rotatable bonds is 4. The van der Waals surface area contributed by atoms with Crippen molar-refractivity contribution in [2.24, 2.45) is 5.92 Å². The van der Waals surface area contributed by atoms with E-state index in [1.165, 1.54) is 5.56 Å². The van der Waals surface area contributed by atoms with Crippen LogP contribution in [0.4, 0.5) is 5.82 Å². The van der Waals surface area contributed by atoms with Gasteiger partial charge in [0.05, 0.1) is 6.04 Å². The molecule has 0 aliphatic carbocycles. The average molecular weight is 393 g/mol. The van der Waals surface area contributed by atoms with E-state index in [-0.39, 0.29) is 6.04 Å². The fourth-order valence-electron chi connectivity index (χ4n) is 4.19. The molecular weight excluding hydrogens is 366 g/mol. The molecule has 2 amide bonds. The minimum absolute atomic E-state index is 0.173. The SMILES string of the molecule is O=C(NC1CCNc2ncccc21)C(=O)N1CCC(CCc2cccnc2)CC1. The molecule has 1 fully saturated rings. The van der Waals surface area contributed by atoms with Crippen molar-refractivity contribution in [3.05, 3.63) is 54.0 Å². The molecule has 7 nitrogen and oxygen atoms in total. The number of nitrogens with one attached hydrogen (secondary N) is 2. The second kappa shape index (κ2) is 9.03. The van der Waals surface area contributed by atoms with Gasteiger partial charge in [0, 0.05) is 43.8 Å². The maximum absolute atomic E-state index is 12.6. The normalized spacial score (nSPS) is 19.2. The van der Waals surface area contributed by atoms with Crippen molar-refractivity contribution in [3.8, 4) is 0 Å². The number of likely N-dealkylation sites (tertiary alicyclic amines) is 1. The molecule has 2 aromatic heterocycles. The molecule has 4 heterocycles. The van der Waals surface area contributed by atoms with Gasteiger partial charge in [-0.25, -0.2) is 4.98 Å². The van der Waals surface area contributed by atoms with Gasteiger partial charge < -0.3 is 15.5 Å². The highest BCUT2D eigenvalue weighted by Crippen LogP contribution is 2.27. The molecule has 2 aliphatic rings. The summed E-state index contributed by atoms with van der Waals surface area (Å²) in [6, 6.07) is 7.69. The molecule has 4 rings (SSSR count). The summed E-state index contributed by atoms with van der Waals surface area (Å²) in [6.07, 6.45) is 10.2. The van der Waals surface area contributed by atoms with Gasteiger partial charge in [-0.1, -0.05) is 12.1 Å². The van der Waals surface area contributed by atoms with E-state index in [9.17, 15) is 9.59 Å².